The minimum atomic E-state index is -0.0660. The summed E-state index contributed by atoms with van der Waals surface area (Å²) in [5.41, 5.74) is 0.856. The van der Waals surface area contributed by atoms with Crippen molar-refractivity contribution in [3.8, 4) is 0 Å². The molecule has 0 atom stereocenters. The summed E-state index contributed by atoms with van der Waals surface area (Å²) in [6, 6.07) is 0. The smallest absolute Gasteiger partial charge is 0.223 e. The van der Waals surface area contributed by atoms with E-state index in [9.17, 15) is 9.59 Å². The largest absolute Gasteiger partial charge is 0.395 e. The number of aliphatic hydroxyl groups excluding tert-OH is 1. The summed E-state index contributed by atoms with van der Waals surface area (Å²) in [6.45, 7) is 3.96. The maximum absolute atomic E-state index is 12.3. The maximum atomic E-state index is 12.3. The normalized spacial score (nSPS) is 14.6. The Labute approximate surface area is 130 Å². The van der Waals surface area contributed by atoms with Gasteiger partial charge in [-0.25, -0.2) is 4.98 Å². The van der Waals surface area contributed by atoms with Gasteiger partial charge in [0, 0.05) is 32.5 Å². The van der Waals surface area contributed by atoms with Crippen LogP contribution in [0.15, 0.2) is 6.20 Å². The standard InChI is InChI=1S/C15H24N4O3/c1-12-16-10-13(17-12)11-19(8-9-20)15(22)5-3-7-18-6-2-4-14(18)21/h10,20H,2-9,11H2,1H3,(H,16,17). The summed E-state index contributed by atoms with van der Waals surface area (Å²) < 4.78 is 0. The fourth-order valence-corrected chi connectivity index (χ4v) is 2.69. The van der Waals surface area contributed by atoms with Crippen molar-refractivity contribution in [1.29, 1.82) is 0 Å². The monoisotopic (exact) mass is 308 g/mol. The second kappa shape index (κ2) is 7.93. The van der Waals surface area contributed by atoms with Crippen LogP contribution < -0.4 is 0 Å². The summed E-state index contributed by atoms with van der Waals surface area (Å²) in [7, 11) is 0. The van der Waals surface area contributed by atoms with Crippen LogP contribution in [0, 0.1) is 6.92 Å². The van der Waals surface area contributed by atoms with Crippen LogP contribution in [0.2, 0.25) is 0 Å². The average Bonchev–Trinajstić information content (AvgIpc) is 3.07. The minimum Gasteiger partial charge on any atom is -0.395 e. The van der Waals surface area contributed by atoms with E-state index >= 15 is 0 Å². The lowest BCUT2D eigenvalue weighted by Crippen LogP contribution is -2.34. The van der Waals surface area contributed by atoms with E-state index in [2.05, 4.69) is 9.97 Å². The van der Waals surface area contributed by atoms with E-state index in [0.29, 0.717) is 38.9 Å². The zero-order valence-electron chi connectivity index (χ0n) is 13.0. The Hall–Kier alpha value is -1.89. The second-order valence-electron chi connectivity index (χ2n) is 5.62. The molecular weight excluding hydrogens is 284 g/mol. The number of likely N-dealkylation sites (tertiary alicyclic amines) is 1. The third-order valence-electron chi connectivity index (χ3n) is 3.83. The Morgan fingerprint density at radius 1 is 1.55 bits per heavy atom. The van der Waals surface area contributed by atoms with Crippen molar-refractivity contribution < 1.29 is 14.7 Å². The van der Waals surface area contributed by atoms with Crippen molar-refractivity contribution in [3.63, 3.8) is 0 Å². The molecule has 22 heavy (non-hydrogen) atoms. The van der Waals surface area contributed by atoms with Gasteiger partial charge in [0.2, 0.25) is 11.8 Å². The molecule has 0 aromatic carbocycles. The number of H-pyrrole nitrogens is 1. The molecule has 0 radical (unpaired) electrons. The van der Waals surface area contributed by atoms with Crippen LogP contribution in [-0.4, -0.2) is 62.9 Å². The molecule has 7 heteroatoms. The molecular formula is C15H24N4O3. The number of hydrogen-bond acceptors (Lipinski definition) is 4. The van der Waals surface area contributed by atoms with Gasteiger partial charge < -0.3 is 19.9 Å². The molecule has 1 aliphatic heterocycles. The summed E-state index contributed by atoms with van der Waals surface area (Å²) in [4.78, 5) is 34.4. The topological polar surface area (TPSA) is 89.5 Å². The first-order valence-electron chi connectivity index (χ1n) is 7.77. The number of nitrogens with one attached hydrogen (secondary N) is 1. The number of carbonyl (C=O) groups excluding carboxylic acids is 2. The van der Waals surface area contributed by atoms with Crippen molar-refractivity contribution in [2.24, 2.45) is 0 Å². The fraction of sp³-hybridized carbons (Fsp3) is 0.667. The van der Waals surface area contributed by atoms with Gasteiger partial charge in [-0.2, -0.15) is 0 Å². The Bertz CT molecular complexity index is 515. The van der Waals surface area contributed by atoms with Crippen LogP contribution in [0.4, 0.5) is 0 Å². The number of carbonyl (C=O) groups is 2. The molecule has 0 saturated carbocycles. The highest BCUT2D eigenvalue weighted by atomic mass is 16.3. The van der Waals surface area contributed by atoms with Gasteiger partial charge >= 0.3 is 0 Å². The molecule has 0 unspecified atom stereocenters. The molecule has 2 heterocycles. The van der Waals surface area contributed by atoms with Crippen molar-refractivity contribution in [2.45, 2.75) is 39.2 Å². The lowest BCUT2D eigenvalue weighted by atomic mass is 10.2. The highest BCUT2D eigenvalue weighted by Gasteiger charge is 2.20. The van der Waals surface area contributed by atoms with E-state index in [1.165, 1.54) is 0 Å². The number of imidazole rings is 1. The number of aliphatic hydroxyl groups is 1. The third kappa shape index (κ3) is 4.56. The van der Waals surface area contributed by atoms with Gasteiger partial charge in [0.05, 0.1) is 25.0 Å². The quantitative estimate of drug-likeness (QED) is 0.729. The van der Waals surface area contributed by atoms with Crippen LogP contribution in [-0.2, 0) is 16.1 Å². The Kier molecular flexibility index (Phi) is 5.94. The zero-order valence-corrected chi connectivity index (χ0v) is 13.0. The Morgan fingerprint density at radius 3 is 2.95 bits per heavy atom. The second-order valence-corrected chi connectivity index (χ2v) is 5.62. The number of amides is 2. The lowest BCUT2D eigenvalue weighted by molar-refractivity contribution is -0.133. The van der Waals surface area contributed by atoms with Gasteiger partial charge in [-0.15, -0.1) is 0 Å². The van der Waals surface area contributed by atoms with E-state index in [1.807, 2.05) is 11.8 Å². The first-order valence-corrected chi connectivity index (χ1v) is 7.77. The first kappa shape index (κ1) is 16.5. The average molecular weight is 308 g/mol. The van der Waals surface area contributed by atoms with Gasteiger partial charge in [0.1, 0.15) is 5.82 Å². The van der Waals surface area contributed by atoms with Gasteiger partial charge in [-0.05, 0) is 19.8 Å². The summed E-state index contributed by atoms with van der Waals surface area (Å²) in [5.74, 6) is 0.986. The summed E-state index contributed by atoms with van der Waals surface area (Å²) in [6.07, 6.45) is 4.30. The molecule has 1 aromatic rings. The van der Waals surface area contributed by atoms with Crippen LogP contribution in [0.3, 0.4) is 0 Å². The maximum Gasteiger partial charge on any atom is 0.223 e. The minimum absolute atomic E-state index is 0.00653. The molecule has 2 amide bonds. The summed E-state index contributed by atoms with van der Waals surface area (Å²) >= 11 is 0. The zero-order chi connectivity index (χ0) is 15.9. The summed E-state index contributed by atoms with van der Waals surface area (Å²) in [5, 5.41) is 9.13. The number of nitrogens with zero attached hydrogens (tertiary/aromatic N) is 3. The SMILES string of the molecule is Cc1ncc(CN(CCO)C(=O)CCCN2CCCC2=O)[nH]1. The van der Waals surface area contributed by atoms with Crippen molar-refractivity contribution >= 4 is 11.8 Å². The predicted octanol–water partition coefficient (Wildman–Crippen LogP) is 0.442. The number of hydrogen-bond donors (Lipinski definition) is 2. The number of aromatic nitrogens is 2. The number of rotatable bonds is 8. The van der Waals surface area contributed by atoms with Crippen LogP contribution in [0.25, 0.3) is 0 Å². The molecule has 0 aliphatic carbocycles. The first-order chi connectivity index (χ1) is 10.6. The van der Waals surface area contributed by atoms with E-state index in [-0.39, 0.29) is 18.4 Å². The van der Waals surface area contributed by atoms with Gasteiger partial charge in [0.25, 0.3) is 0 Å². The van der Waals surface area contributed by atoms with Crippen LogP contribution in [0.5, 0.6) is 0 Å². The van der Waals surface area contributed by atoms with Crippen LogP contribution in [0.1, 0.15) is 37.2 Å². The molecule has 1 fully saturated rings. The molecule has 2 rings (SSSR count). The van der Waals surface area contributed by atoms with E-state index in [4.69, 9.17) is 5.11 Å². The molecule has 1 aliphatic rings. The fourth-order valence-electron chi connectivity index (χ4n) is 2.69. The molecule has 1 aromatic heterocycles. The lowest BCUT2D eigenvalue weighted by Gasteiger charge is -2.22. The van der Waals surface area contributed by atoms with Gasteiger partial charge in [0.15, 0.2) is 0 Å². The Balaban J connectivity index is 1.79. The predicted molar refractivity (Wildman–Crippen MR) is 80.9 cm³/mol. The number of aromatic amines is 1. The highest BCUT2D eigenvalue weighted by Crippen LogP contribution is 2.11. The van der Waals surface area contributed by atoms with Crippen molar-refractivity contribution in [2.75, 3.05) is 26.2 Å². The van der Waals surface area contributed by atoms with Crippen molar-refractivity contribution in [1.82, 2.24) is 19.8 Å². The molecule has 2 N–H and O–H groups in total. The van der Waals surface area contributed by atoms with Gasteiger partial charge in [-0.1, -0.05) is 0 Å². The highest BCUT2D eigenvalue weighted by molar-refractivity contribution is 5.78. The van der Waals surface area contributed by atoms with Crippen molar-refractivity contribution in [3.05, 3.63) is 17.7 Å². The molecule has 0 bridgehead atoms. The van der Waals surface area contributed by atoms with E-state index in [1.54, 1.807) is 11.1 Å². The number of aryl methyl sites for hydroxylation is 1. The molecule has 0 spiro atoms. The molecule has 1 saturated heterocycles. The molecule has 7 nitrogen and oxygen atoms in total. The molecule has 122 valence electrons. The third-order valence-corrected chi connectivity index (χ3v) is 3.83. The Morgan fingerprint density at radius 2 is 2.36 bits per heavy atom. The van der Waals surface area contributed by atoms with Crippen LogP contribution >= 0.6 is 0 Å². The van der Waals surface area contributed by atoms with E-state index in [0.717, 1.165) is 24.5 Å². The van der Waals surface area contributed by atoms with E-state index < -0.39 is 0 Å². The van der Waals surface area contributed by atoms with Gasteiger partial charge in [-0.3, -0.25) is 9.59 Å².